The van der Waals surface area contributed by atoms with Crippen molar-refractivity contribution in [1.29, 1.82) is 0 Å². The van der Waals surface area contributed by atoms with E-state index in [1.54, 1.807) is 6.20 Å². The van der Waals surface area contributed by atoms with Gasteiger partial charge < -0.3 is 0 Å². The summed E-state index contributed by atoms with van der Waals surface area (Å²) >= 11 is 6.24. The molecule has 0 saturated heterocycles. The molecule has 2 aromatic carbocycles. The van der Waals surface area contributed by atoms with Gasteiger partial charge >= 0.3 is 0 Å². The zero-order valence-corrected chi connectivity index (χ0v) is 13.6. The van der Waals surface area contributed by atoms with Crippen molar-refractivity contribution in [3.05, 3.63) is 89.3 Å². The number of nitrogens with zero attached hydrogens (tertiary/aromatic N) is 3. The van der Waals surface area contributed by atoms with E-state index in [9.17, 15) is 0 Å². The van der Waals surface area contributed by atoms with E-state index in [0.29, 0.717) is 5.02 Å². The van der Waals surface area contributed by atoms with Gasteiger partial charge in [0, 0.05) is 11.2 Å². The van der Waals surface area contributed by atoms with Gasteiger partial charge in [-0.15, -0.1) is 0 Å². The molecular weight excluding hydrogens is 318 g/mol. The molecule has 0 spiro atoms. The normalized spacial score (nSPS) is 11.4. The van der Waals surface area contributed by atoms with Gasteiger partial charge in [-0.25, -0.2) is 9.97 Å². The Morgan fingerprint density at radius 1 is 0.833 bits per heavy atom. The van der Waals surface area contributed by atoms with Gasteiger partial charge in [-0.05, 0) is 48.0 Å². The van der Waals surface area contributed by atoms with E-state index in [-0.39, 0.29) is 0 Å². The van der Waals surface area contributed by atoms with Gasteiger partial charge in [-0.2, -0.15) is 0 Å². The summed E-state index contributed by atoms with van der Waals surface area (Å²) in [5.74, 6) is 1.65. The van der Waals surface area contributed by atoms with Crippen LogP contribution in [0.15, 0.2) is 72.9 Å². The molecule has 0 aliphatic carbocycles. The van der Waals surface area contributed by atoms with Crippen molar-refractivity contribution in [3.63, 3.8) is 0 Å². The van der Waals surface area contributed by atoms with Crippen molar-refractivity contribution >= 4 is 34.8 Å². The summed E-state index contributed by atoms with van der Waals surface area (Å²) in [6.45, 7) is 0. The third kappa shape index (κ3) is 2.70. The third-order valence-corrected chi connectivity index (χ3v) is 4.13. The van der Waals surface area contributed by atoms with Crippen LogP contribution < -0.4 is 0 Å². The molecule has 0 radical (unpaired) electrons. The van der Waals surface area contributed by atoms with Crippen molar-refractivity contribution in [2.24, 2.45) is 0 Å². The number of imidazole rings is 1. The summed E-state index contributed by atoms with van der Waals surface area (Å²) < 4.78 is 2.04. The molecule has 116 valence electrons. The summed E-state index contributed by atoms with van der Waals surface area (Å²) in [5, 5.41) is 0.717. The van der Waals surface area contributed by atoms with Crippen LogP contribution in [0.3, 0.4) is 0 Å². The lowest BCUT2D eigenvalue weighted by atomic mass is 10.2. The summed E-state index contributed by atoms with van der Waals surface area (Å²) in [5.41, 5.74) is 2.91. The van der Waals surface area contributed by atoms with Crippen molar-refractivity contribution in [3.8, 4) is 5.82 Å². The van der Waals surface area contributed by atoms with Crippen molar-refractivity contribution in [1.82, 2.24) is 14.5 Å². The molecule has 0 aliphatic heterocycles. The van der Waals surface area contributed by atoms with Crippen LogP contribution >= 0.6 is 11.6 Å². The van der Waals surface area contributed by atoms with Crippen molar-refractivity contribution in [2.75, 3.05) is 0 Å². The number of hydrogen-bond donors (Lipinski definition) is 0. The number of hydrogen-bond acceptors (Lipinski definition) is 2. The lowest BCUT2D eigenvalue weighted by Crippen LogP contribution is -1.99. The Morgan fingerprint density at radius 2 is 1.62 bits per heavy atom. The summed E-state index contributed by atoms with van der Waals surface area (Å²) in [7, 11) is 0. The lowest BCUT2D eigenvalue weighted by Gasteiger charge is -2.05. The topological polar surface area (TPSA) is 30.7 Å². The van der Waals surface area contributed by atoms with Crippen LogP contribution in [0.5, 0.6) is 0 Å². The Balaban J connectivity index is 1.88. The maximum Gasteiger partial charge on any atom is 0.139 e. The zero-order chi connectivity index (χ0) is 16.4. The molecule has 0 bridgehead atoms. The van der Waals surface area contributed by atoms with Gasteiger partial charge in [0.25, 0.3) is 0 Å². The molecule has 24 heavy (non-hydrogen) atoms. The third-order valence-electron chi connectivity index (χ3n) is 3.78. The molecule has 4 heteroatoms. The van der Waals surface area contributed by atoms with Crippen LogP contribution in [-0.2, 0) is 0 Å². The molecule has 0 amide bonds. The average molecular weight is 332 g/mol. The number of fused-ring (bicyclic) bond motifs is 1. The quantitative estimate of drug-likeness (QED) is 0.513. The Hall–Kier alpha value is -2.91. The molecule has 0 fully saturated rings. The van der Waals surface area contributed by atoms with E-state index in [2.05, 4.69) is 4.98 Å². The predicted molar refractivity (Wildman–Crippen MR) is 99.2 cm³/mol. The summed E-state index contributed by atoms with van der Waals surface area (Å²) in [4.78, 5) is 9.19. The minimum absolute atomic E-state index is 0.717. The molecule has 3 nitrogen and oxygen atoms in total. The van der Waals surface area contributed by atoms with Gasteiger partial charge in [-0.3, -0.25) is 4.57 Å². The fourth-order valence-corrected chi connectivity index (χ4v) is 2.86. The minimum Gasteiger partial charge on any atom is -0.277 e. The second kappa shape index (κ2) is 6.30. The average Bonchev–Trinajstić information content (AvgIpc) is 3.00. The standard InChI is InChI=1S/C20H14ClN3/c21-16-8-2-1-7-15(16)12-13-20-23-17-9-3-4-10-18(17)24(20)19-11-5-6-14-22-19/h1-14H. The van der Waals surface area contributed by atoms with Crippen LogP contribution in [0.25, 0.3) is 29.0 Å². The first-order valence-corrected chi connectivity index (χ1v) is 8.02. The number of para-hydroxylation sites is 2. The first kappa shape index (κ1) is 14.7. The Labute approximate surface area is 144 Å². The maximum atomic E-state index is 6.24. The van der Waals surface area contributed by atoms with E-state index >= 15 is 0 Å². The molecule has 2 heterocycles. The summed E-state index contributed by atoms with van der Waals surface area (Å²) in [6.07, 6.45) is 5.73. The van der Waals surface area contributed by atoms with Crippen LogP contribution in [0.4, 0.5) is 0 Å². The number of rotatable bonds is 3. The van der Waals surface area contributed by atoms with Crippen LogP contribution in [-0.4, -0.2) is 14.5 Å². The largest absolute Gasteiger partial charge is 0.277 e. The number of pyridine rings is 1. The highest BCUT2D eigenvalue weighted by Gasteiger charge is 2.10. The fraction of sp³-hybridized carbons (Fsp3) is 0. The Kier molecular flexibility index (Phi) is 3.85. The minimum atomic E-state index is 0.717. The van der Waals surface area contributed by atoms with E-state index in [4.69, 9.17) is 16.6 Å². The number of benzene rings is 2. The zero-order valence-electron chi connectivity index (χ0n) is 12.8. The van der Waals surface area contributed by atoms with Crippen LogP contribution in [0, 0.1) is 0 Å². The van der Waals surface area contributed by atoms with Crippen molar-refractivity contribution in [2.45, 2.75) is 0 Å². The molecule has 0 N–H and O–H groups in total. The number of aromatic nitrogens is 3. The second-order valence-corrected chi connectivity index (χ2v) is 5.74. The van der Waals surface area contributed by atoms with E-state index in [1.165, 1.54) is 0 Å². The van der Waals surface area contributed by atoms with Crippen LogP contribution in [0.1, 0.15) is 11.4 Å². The van der Waals surface area contributed by atoms with E-state index < -0.39 is 0 Å². The van der Waals surface area contributed by atoms with Crippen LogP contribution in [0.2, 0.25) is 5.02 Å². The SMILES string of the molecule is Clc1ccccc1C=Cc1nc2ccccc2n1-c1ccccn1. The predicted octanol–water partition coefficient (Wildman–Crippen LogP) is 5.24. The van der Waals surface area contributed by atoms with Gasteiger partial charge in [-0.1, -0.05) is 48.0 Å². The van der Waals surface area contributed by atoms with E-state index in [0.717, 1.165) is 28.2 Å². The molecular formula is C20H14ClN3. The van der Waals surface area contributed by atoms with Gasteiger partial charge in [0.15, 0.2) is 0 Å². The Bertz CT molecular complexity index is 1020. The maximum absolute atomic E-state index is 6.24. The van der Waals surface area contributed by atoms with Crippen molar-refractivity contribution < 1.29 is 0 Å². The molecule has 0 saturated carbocycles. The smallest absolute Gasteiger partial charge is 0.139 e. The second-order valence-electron chi connectivity index (χ2n) is 5.34. The lowest BCUT2D eigenvalue weighted by molar-refractivity contribution is 1.01. The molecule has 4 rings (SSSR count). The highest BCUT2D eigenvalue weighted by molar-refractivity contribution is 6.32. The summed E-state index contributed by atoms with van der Waals surface area (Å²) in [6, 6.07) is 21.6. The number of halogens is 1. The van der Waals surface area contributed by atoms with Gasteiger partial charge in [0.05, 0.1) is 11.0 Å². The molecule has 0 atom stereocenters. The van der Waals surface area contributed by atoms with Gasteiger partial charge in [0.1, 0.15) is 11.6 Å². The molecule has 0 aliphatic rings. The molecule has 0 unspecified atom stereocenters. The van der Waals surface area contributed by atoms with E-state index in [1.807, 2.05) is 83.4 Å². The highest BCUT2D eigenvalue weighted by Crippen LogP contribution is 2.23. The highest BCUT2D eigenvalue weighted by atomic mass is 35.5. The first-order valence-electron chi connectivity index (χ1n) is 7.64. The van der Waals surface area contributed by atoms with Gasteiger partial charge in [0.2, 0.25) is 0 Å². The molecule has 2 aromatic heterocycles. The Morgan fingerprint density at radius 3 is 2.46 bits per heavy atom. The monoisotopic (exact) mass is 331 g/mol. The fourth-order valence-electron chi connectivity index (χ4n) is 2.66. The molecule has 4 aromatic rings. The first-order chi connectivity index (χ1) is 11.8.